The van der Waals surface area contributed by atoms with Crippen molar-refractivity contribution in [1.82, 2.24) is 4.98 Å². The summed E-state index contributed by atoms with van der Waals surface area (Å²) in [6, 6.07) is 6.96. The summed E-state index contributed by atoms with van der Waals surface area (Å²) in [5.41, 5.74) is 2.93. The van der Waals surface area contributed by atoms with Crippen LogP contribution in [-0.4, -0.2) is 31.9 Å². The van der Waals surface area contributed by atoms with E-state index in [2.05, 4.69) is 4.98 Å². The second-order valence-electron chi connectivity index (χ2n) is 4.80. The number of aromatic nitrogens is 1. The van der Waals surface area contributed by atoms with Gasteiger partial charge in [0.25, 0.3) is 0 Å². The zero-order chi connectivity index (χ0) is 15.5. The van der Waals surface area contributed by atoms with Crippen molar-refractivity contribution in [3.63, 3.8) is 0 Å². The van der Waals surface area contributed by atoms with Crippen LogP contribution in [0, 0.1) is 0 Å². The SMILES string of the molecule is COc1cc(CS(C)(=O)=O)ccc1-c1cnccc1CO. The van der Waals surface area contributed by atoms with Crippen LogP contribution in [-0.2, 0) is 22.2 Å². The Kier molecular flexibility index (Phi) is 4.59. The number of aliphatic hydroxyl groups excluding tert-OH is 1. The third kappa shape index (κ3) is 3.80. The lowest BCUT2D eigenvalue weighted by Gasteiger charge is -2.13. The maximum atomic E-state index is 11.4. The molecule has 0 aliphatic rings. The lowest BCUT2D eigenvalue weighted by molar-refractivity contribution is 0.282. The Hall–Kier alpha value is -1.92. The molecule has 2 aromatic rings. The molecule has 112 valence electrons. The standard InChI is InChI=1S/C15H17NO4S/c1-20-15-7-11(10-21(2,18)19)3-4-13(15)14-8-16-6-5-12(14)9-17/h3-8,17H,9-10H2,1-2H3. The van der Waals surface area contributed by atoms with Crippen molar-refractivity contribution in [2.45, 2.75) is 12.4 Å². The molecular weight excluding hydrogens is 290 g/mol. The molecule has 21 heavy (non-hydrogen) atoms. The number of aliphatic hydroxyl groups is 1. The molecule has 0 unspecified atom stereocenters. The summed E-state index contributed by atoms with van der Waals surface area (Å²) < 4.78 is 28.1. The van der Waals surface area contributed by atoms with Gasteiger partial charge in [-0.25, -0.2) is 8.42 Å². The van der Waals surface area contributed by atoms with E-state index in [0.717, 1.165) is 16.7 Å². The van der Waals surface area contributed by atoms with Crippen LogP contribution >= 0.6 is 0 Å². The van der Waals surface area contributed by atoms with Gasteiger partial charge in [0.1, 0.15) is 5.75 Å². The zero-order valence-corrected chi connectivity index (χ0v) is 12.7. The normalized spacial score (nSPS) is 11.4. The van der Waals surface area contributed by atoms with E-state index in [4.69, 9.17) is 4.74 Å². The van der Waals surface area contributed by atoms with Crippen molar-refractivity contribution in [3.8, 4) is 16.9 Å². The Bertz CT molecular complexity index is 741. The first-order valence-electron chi connectivity index (χ1n) is 6.33. The second-order valence-corrected chi connectivity index (χ2v) is 6.94. The van der Waals surface area contributed by atoms with Gasteiger partial charge in [-0.2, -0.15) is 0 Å². The van der Waals surface area contributed by atoms with Gasteiger partial charge in [0.05, 0.1) is 19.5 Å². The van der Waals surface area contributed by atoms with Gasteiger partial charge in [0.15, 0.2) is 9.84 Å². The summed E-state index contributed by atoms with van der Waals surface area (Å²) in [6.45, 7) is -0.105. The van der Waals surface area contributed by atoms with Crippen LogP contribution in [0.5, 0.6) is 5.75 Å². The number of methoxy groups -OCH3 is 1. The smallest absolute Gasteiger partial charge is 0.151 e. The molecule has 6 heteroatoms. The first-order valence-corrected chi connectivity index (χ1v) is 8.39. The quantitative estimate of drug-likeness (QED) is 0.911. The molecule has 5 nitrogen and oxygen atoms in total. The molecule has 1 heterocycles. The van der Waals surface area contributed by atoms with Crippen molar-refractivity contribution >= 4 is 9.84 Å². The molecule has 0 bridgehead atoms. The number of rotatable bonds is 5. The van der Waals surface area contributed by atoms with Crippen LogP contribution in [0.2, 0.25) is 0 Å². The molecule has 2 rings (SSSR count). The molecule has 0 fully saturated rings. The maximum absolute atomic E-state index is 11.4. The molecule has 1 aromatic carbocycles. The third-order valence-corrected chi connectivity index (χ3v) is 3.92. The number of benzene rings is 1. The number of pyridine rings is 1. The molecule has 0 amide bonds. The van der Waals surface area contributed by atoms with Gasteiger partial charge in [0, 0.05) is 29.8 Å². The lowest BCUT2D eigenvalue weighted by atomic mass is 10.0. The predicted octanol–water partition coefficient (Wildman–Crippen LogP) is 1.79. The molecule has 1 N–H and O–H groups in total. The summed E-state index contributed by atoms with van der Waals surface area (Å²) in [6.07, 6.45) is 4.46. The number of hydrogen-bond acceptors (Lipinski definition) is 5. The Morgan fingerprint density at radius 3 is 2.62 bits per heavy atom. The maximum Gasteiger partial charge on any atom is 0.151 e. The van der Waals surface area contributed by atoms with Crippen molar-refractivity contribution in [2.75, 3.05) is 13.4 Å². The van der Waals surface area contributed by atoms with E-state index in [9.17, 15) is 13.5 Å². The predicted molar refractivity (Wildman–Crippen MR) is 80.7 cm³/mol. The Morgan fingerprint density at radius 1 is 1.24 bits per heavy atom. The fourth-order valence-corrected chi connectivity index (χ4v) is 2.94. The third-order valence-electron chi connectivity index (χ3n) is 3.07. The van der Waals surface area contributed by atoms with Gasteiger partial charge in [-0.1, -0.05) is 12.1 Å². The Labute approximate surface area is 124 Å². The molecule has 0 spiro atoms. The van der Waals surface area contributed by atoms with Crippen LogP contribution in [0.1, 0.15) is 11.1 Å². The summed E-state index contributed by atoms with van der Waals surface area (Å²) in [4.78, 5) is 4.06. The number of sulfone groups is 1. The van der Waals surface area contributed by atoms with E-state index < -0.39 is 9.84 Å². The van der Waals surface area contributed by atoms with Gasteiger partial charge in [-0.05, 0) is 23.3 Å². The molecule has 0 saturated heterocycles. The Morgan fingerprint density at radius 2 is 2.00 bits per heavy atom. The average molecular weight is 307 g/mol. The molecule has 0 atom stereocenters. The van der Waals surface area contributed by atoms with Gasteiger partial charge in [0.2, 0.25) is 0 Å². The highest BCUT2D eigenvalue weighted by molar-refractivity contribution is 7.89. The first-order chi connectivity index (χ1) is 9.94. The average Bonchev–Trinajstić information content (AvgIpc) is 2.45. The molecular formula is C15H17NO4S. The van der Waals surface area contributed by atoms with Crippen molar-refractivity contribution in [2.24, 2.45) is 0 Å². The van der Waals surface area contributed by atoms with Gasteiger partial charge in [-0.3, -0.25) is 4.98 Å². The highest BCUT2D eigenvalue weighted by Crippen LogP contribution is 2.33. The number of ether oxygens (including phenoxy) is 1. The zero-order valence-electron chi connectivity index (χ0n) is 11.9. The van der Waals surface area contributed by atoms with Crippen LogP contribution in [0.4, 0.5) is 0 Å². The van der Waals surface area contributed by atoms with Gasteiger partial charge >= 0.3 is 0 Å². The topological polar surface area (TPSA) is 76.5 Å². The van der Waals surface area contributed by atoms with Crippen molar-refractivity contribution in [3.05, 3.63) is 47.8 Å². The van der Waals surface area contributed by atoms with E-state index >= 15 is 0 Å². The van der Waals surface area contributed by atoms with Crippen LogP contribution in [0.15, 0.2) is 36.7 Å². The summed E-state index contributed by atoms with van der Waals surface area (Å²) in [5.74, 6) is 0.516. The molecule has 1 aromatic heterocycles. The minimum Gasteiger partial charge on any atom is -0.496 e. The van der Waals surface area contributed by atoms with Crippen molar-refractivity contribution < 1.29 is 18.3 Å². The van der Waals surface area contributed by atoms with E-state index in [1.165, 1.54) is 13.4 Å². The largest absolute Gasteiger partial charge is 0.496 e. The highest BCUT2D eigenvalue weighted by Gasteiger charge is 2.13. The summed E-state index contributed by atoms with van der Waals surface area (Å²) in [7, 11) is -1.57. The minimum atomic E-state index is -3.10. The van der Waals surface area contributed by atoms with E-state index in [0.29, 0.717) is 11.3 Å². The van der Waals surface area contributed by atoms with E-state index in [1.807, 2.05) is 0 Å². The van der Waals surface area contributed by atoms with E-state index in [-0.39, 0.29) is 12.4 Å². The minimum absolute atomic E-state index is 0.0382. The molecule has 0 saturated carbocycles. The lowest BCUT2D eigenvalue weighted by Crippen LogP contribution is -2.01. The fraction of sp³-hybridized carbons (Fsp3) is 0.267. The number of nitrogens with zero attached hydrogens (tertiary/aromatic N) is 1. The molecule has 0 aliphatic carbocycles. The molecule has 0 aliphatic heterocycles. The van der Waals surface area contributed by atoms with Crippen LogP contribution in [0.3, 0.4) is 0 Å². The molecule has 0 radical (unpaired) electrons. The Balaban J connectivity index is 2.50. The van der Waals surface area contributed by atoms with Crippen LogP contribution in [0.25, 0.3) is 11.1 Å². The van der Waals surface area contributed by atoms with Crippen LogP contribution < -0.4 is 4.74 Å². The summed E-state index contributed by atoms with van der Waals surface area (Å²) in [5, 5.41) is 9.40. The fourth-order valence-electron chi connectivity index (χ4n) is 2.15. The monoisotopic (exact) mass is 307 g/mol. The van der Waals surface area contributed by atoms with Crippen molar-refractivity contribution in [1.29, 1.82) is 0 Å². The van der Waals surface area contributed by atoms with E-state index in [1.54, 1.807) is 36.7 Å². The number of hydrogen-bond donors (Lipinski definition) is 1. The first kappa shape index (κ1) is 15.5. The van der Waals surface area contributed by atoms with Gasteiger partial charge < -0.3 is 9.84 Å². The highest BCUT2D eigenvalue weighted by atomic mass is 32.2. The second kappa shape index (κ2) is 6.24. The van der Waals surface area contributed by atoms with Gasteiger partial charge in [-0.15, -0.1) is 0 Å². The summed E-state index contributed by atoms with van der Waals surface area (Å²) >= 11 is 0.